The van der Waals surface area contributed by atoms with Gasteiger partial charge in [0.15, 0.2) is 0 Å². The lowest BCUT2D eigenvalue weighted by Gasteiger charge is -2.32. The normalized spacial score (nSPS) is 16.0. The van der Waals surface area contributed by atoms with Gasteiger partial charge in [-0.1, -0.05) is 11.6 Å². The first-order valence-corrected chi connectivity index (χ1v) is 7.62. The Labute approximate surface area is 129 Å². The second kappa shape index (κ2) is 6.94. The number of halogens is 1. The van der Waals surface area contributed by atoms with Crippen molar-refractivity contribution in [2.45, 2.75) is 32.6 Å². The van der Waals surface area contributed by atoms with Crippen LogP contribution >= 0.6 is 11.6 Å². The maximum absolute atomic E-state index is 12.4. The average molecular weight is 310 g/mol. The maximum atomic E-state index is 12.4. The van der Waals surface area contributed by atoms with Gasteiger partial charge in [-0.05, 0) is 55.9 Å². The molecular weight excluding hydrogens is 290 g/mol. The fraction of sp³-hybridized carbons (Fsp3) is 0.500. The van der Waals surface area contributed by atoms with Crippen LogP contribution in [0.25, 0.3) is 0 Å². The fourth-order valence-electron chi connectivity index (χ4n) is 2.71. The molecule has 0 saturated carbocycles. The van der Waals surface area contributed by atoms with E-state index in [1.54, 1.807) is 12.1 Å². The number of rotatable bonds is 4. The number of nitrogens with zero attached hydrogens (tertiary/aromatic N) is 1. The van der Waals surface area contributed by atoms with E-state index in [4.69, 9.17) is 16.7 Å². The first-order valence-electron chi connectivity index (χ1n) is 7.24. The molecule has 1 aliphatic rings. The van der Waals surface area contributed by atoms with Crippen LogP contribution in [-0.2, 0) is 4.79 Å². The van der Waals surface area contributed by atoms with Gasteiger partial charge in [-0.25, -0.2) is 0 Å². The summed E-state index contributed by atoms with van der Waals surface area (Å²) in [6, 6.07) is 5.33. The van der Waals surface area contributed by atoms with E-state index in [1.807, 2.05) is 17.9 Å². The van der Waals surface area contributed by atoms with Gasteiger partial charge in [-0.2, -0.15) is 0 Å². The summed E-state index contributed by atoms with van der Waals surface area (Å²) < 4.78 is 0. The average Bonchev–Trinajstić information content (AvgIpc) is 2.48. The number of carbonyl (C=O) groups excluding carboxylic acids is 1. The van der Waals surface area contributed by atoms with E-state index in [2.05, 4.69) is 0 Å². The molecule has 0 atom stereocenters. The van der Waals surface area contributed by atoms with Gasteiger partial charge in [-0.3, -0.25) is 9.59 Å². The van der Waals surface area contributed by atoms with Crippen LogP contribution in [0, 0.1) is 12.8 Å². The second-order valence-electron chi connectivity index (χ2n) is 5.63. The van der Waals surface area contributed by atoms with Gasteiger partial charge in [0.25, 0.3) is 5.91 Å². The third kappa shape index (κ3) is 4.21. The minimum absolute atomic E-state index is 0.0338. The molecule has 21 heavy (non-hydrogen) atoms. The number of aliphatic carboxylic acids is 1. The van der Waals surface area contributed by atoms with Crippen molar-refractivity contribution in [1.29, 1.82) is 0 Å². The number of hydrogen-bond acceptors (Lipinski definition) is 2. The molecule has 1 amide bonds. The smallest absolute Gasteiger partial charge is 0.303 e. The van der Waals surface area contributed by atoms with E-state index in [9.17, 15) is 9.59 Å². The minimum atomic E-state index is -0.745. The molecule has 0 aromatic heterocycles. The summed E-state index contributed by atoms with van der Waals surface area (Å²) in [4.78, 5) is 24.9. The fourth-order valence-corrected chi connectivity index (χ4v) is 2.83. The summed E-state index contributed by atoms with van der Waals surface area (Å²) >= 11 is 5.98. The Morgan fingerprint density at radius 2 is 2.00 bits per heavy atom. The predicted molar refractivity (Wildman–Crippen MR) is 81.7 cm³/mol. The van der Waals surface area contributed by atoms with Crippen molar-refractivity contribution >= 4 is 23.5 Å². The third-order valence-electron chi connectivity index (χ3n) is 4.07. The Balaban J connectivity index is 1.90. The maximum Gasteiger partial charge on any atom is 0.303 e. The Morgan fingerprint density at radius 1 is 1.33 bits per heavy atom. The van der Waals surface area contributed by atoms with Crippen LogP contribution in [0.5, 0.6) is 0 Å². The number of carbonyl (C=O) groups is 2. The summed E-state index contributed by atoms with van der Waals surface area (Å²) in [6.07, 6.45) is 2.68. The lowest BCUT2D eigenvalue weighted by atomic mass is 9.92. The van der Waals surface area contributed by atoms with Gasteiger partial charge >= 0.3 is 5.97 Å². The number of aryl methyl sites for hydroxylation is 1. The Kier molecular flexibility index (Phi) is 5.23. The zero-order chi connectivity index (χ0) is 15.4. The summed E-state index contributed by atoms with van der Waals surface area (Å²) in [6.45, 7) is 3.28. The number of carboxylic acid groups (broad SMARTS) is 1. The van der Waals surface area contributed by atoms with Crippen LogP contribution in [0.3, 0.4) is 0 Å². The van der Waals surface area contributed by atoms with Gasteiger partial charge in [0.05, 0.1) is 0 Å². The lowest BCUT2D eigenvalue weighted by molar-refractivity contribution is -0.137. The van der Waals surface area contributed by atoms with E-state index in [0.29, 0.717) is 36.0 Å². The van der Waals surface area contributed by atoms with E-state index in [-0.39, 0.29) is 12.3 Å². The molecule has 0 bridgehead atoms. The molecule has 0 radical (unpaired) electrons. The number of amides is 1. The van der Waals surface area contributed by atoms with Crippen molar-refractivity contribution in [3.8, 4) is 0 Å². The van der Waals surface area contributed by atoms with Crippen LogP contribution in [0.1, 0.15) is 41.6 Å². The molecule has 1 heterocycles. The summed E-state index contributed by atoms with van der Waals surface area (Å²) in [5.41, 5.74) is 1.57. The number of likely N-dealkylation sites (tertiary alicyclic amines) is 1. The van der Waals surface area contributed by atoms with Crippen molar-refractivity contribution < 1.29 is 14.7 Å². The Hall–Kier alpha value is -1.55. The number of benzene rings is 1. The topological polar surface area (TPSA) is 57.6 Å². The molecule has 1 aromatic carbocycles. The van der Waals surface area contributed by atoms with Crippen LogP contribution in [-0.4, -0.2) is 35.0 Å². The molecule has 1 aromatic rings. The largest absolute Gasteiger partial charge is 0.481 e. The molecule has 0 spiro atoms. The highest BCUT2D eigenvalue weighted by Gasteiger charge is 2.24. The van der Waals surface area contributed by atoms with Crippen LogP contribution in [0.2, 0.25) is 5.02 Å². The summed E-state index contributed by atoms with van der Waals surface area (Å²) in [5.74, 6) is -0.297. The number of hydrogen-bond donors (Lipinski definition) is 1. The first kappa shape index (κ1) is 15.8. The molecule has 1 fully saturated rings. The molecule has 0 unspecified atom stereocenters. The van der Waals surface area contributed by atoms with Gasteiger partial charge in [0.1, 0.15) is 0 Å². The van der Waals surface area contributed by atoms with Gasteiger partial charge in [-0.15, -0.1) is 0 Å². The summed E-state index contributed by atoms with van der Waals surface area (Å²) in [7, 11) is 0. The van der Waals surface area contributed by atoms with Crippen molar-refractivity contribution in [3.05, 3.63) is 34.3 Å². The molecular formula is C16H20ClNO3. The van der Waals surface area contributed by atoms with Crippen LogP contribution in [0.15, 0.2) is 18.2 Å². The van der Waals surface area contributed by atoms with E-state index < -0.39 is 5.97 Å². The molecule has 114 valence electrons. The number of piperidine rings is 1. The standard InChI is InChI=1S/C16H20ClNO3/c1-11-10-13(3-4-14(11)17)16(21)18-8-6-12(7-9-18)2-5-15(19)20/h3-4,10,12H,2,5-9H2,1H3,(H,19,20). The van der Waals surface area contributed by atoms with E-state index in [1.165, 1.54) is 0 Å². The SMILES string of the molecule is Cc1cc(C(=O)N2CCC(CCC(=O)O)CC2)ccc1Cl. The molecule has 5 heteroatoms. The quantitative estimate of drug-likeness (QED) is 0.927. The summed E-state index contributed by atoms with van der Waals surface area (Å²) in [5, 5.41) is 9.37. The highest BCUT2D eigenvalue weighted by molar-refractivity contribution is 6.31. The Bertz CT molecular complexity index is 536. The van der Waals surface area contributed by atoms with Gasteiger partial charge < -0.3 is 10.0 Å². The minimum Gasteiger partial charge on any atom is -0.481 e. The molecule has 2 rings (SSSR count). The molecule has 1 saturated heterocycles. The molecule has 1 N–H and O–H groups in total. The molecule has 4 nitrogen and oxygen atoms in total. The monoisotopic (exact) mass is 309 g/mol. The predicted octanol–water partition coefficient (Wildman–Crippen LogP) is 3.37. The van der Waals surface area contributed by atoms with Gasteiger partial charge in [0, 0.05) is 30.1 Å². The first-order chi connectivity index (χ1) is 9.97. The van der Waals surface area contributed by atoms with Crippen molar-refractivity contribution in [2.24, 2.45) is 5.92 Å². The van der Waals surface area contributed by atoms with Gasteiger partial charge in [0.2, 0.25) is 0 Å². The van der Waals surface area contributed by atoms with E-state index >= 15 is 0 Å². The molecule has 0 aliphatic carbocycles. The zero-order valence-electron chi connectivity index (χ0n) is 12.1. The third-order valence-corrected chi connectivity index (χ3v) is 4.50. The second-order valence-corrected chi connectivity index (χ2v) is 6.04. The lowest BCUT2D eigenvalue weighted by Crippen LogP contribution is -2.38. The highest BCUT2D eigenvalue weighted by Crippen LogP contribution is 2.24. The van der Waals surface area contributed by atoms with E-state index in [0.717, 1.165) is 18.4 Å². The Morgan fingerprint density at radius 3 is 2.57 bits per heavy atom. The van der Waals surface area contributed by atoms with Crippen molar-refractivity contribution in [1.82, 2.24) is 4.90 Å². The van der Waals surface area contributed by atoms with Crippen molar-refractivity contribution in [3.63, 3.8) is 0 Å². The van der Waals surface area contributed by atoms with Crippen molar-refractivity contribution in [2.75, 3.05) is 13.1 Å². The highest BCUT2D eigenvalue weighted by atomic mass is 35.5. The van der Waals surface area contributed by atoms with Crippen LogP contribution in [0.4, 0.5) is 0 Å². The zero-order valence-corrected chi connectivity index (χ0v) is 12.9. The molecule has 1 aliphatic heterocycles. The van der Waals surface area contributed by atoms with Crippen LogP contribution < -0.4 is 0 Å². The number of carboxylic acids is 1.